The Balaban J connectivity index is 1.75. The van der Waals surface area contributed by atoms with Gasteiger partial charge in [-0.05, 0) is 31.2 Å². The Hall–Kier alpha value is -2.82. The summed E-state index contributed by atoms with van der Waals surface area (Å²) in [4.78, 5) is 7.68. The quantitative estimate of drug-likeness (QED) is 0.311. The van der Waals surface area contributed by atoms with Crippen molar-refractivity contribution in [1.29, 1.82) is 0 Å². The topological polar surface area (TPSA) is 22.2 Å². The Kier molecular flexibility index (Phi) is 4.85. The predicted molar refractivity (Wildman–Crippen MR) is 110 cm³/mol. The Morgan fingerprint density at radius 1 is 1.17 bits per heavy atom. The average molecular weight is 432 g/mol. The van der Waals surface area contributed by atoms with Gasteiger partial charge in [0.15, 0.2) is 5.69 Å². The highest BCUT2D eigenvalue weighted by Gasteiger charge is 2.36. The molecule has 0 amide bonds. The largest absolute Gasteiger partial charge is 0.408 e. The van der Waals surface area contributed by atoms with Crippen molar-refractivity contribution in [2.45, 2.75) is 19.6 Å². The van der Waals surface area contributed by atoms with Gasteiger partial charge in [-0.25, -0.2) is 9.83 Å². The van der Waals surface area contributed by atoms with Gasteiger partial charge in [-0.1, -0.05) is 29.8 Å². The van der Waals surface area contributed by atoms with Crippen LogP contribution in [0, 0.1) is 13.5 Å². The highest BCUT2D eigenvalue weighted by atomic mass is 35.5. The molecule has 2 aromatic heterocycles. The molecular formula is C21H13ClF3N3S. The molecule has 4 rings (SSSR count). The van der Waals surface area contributed by atoms with Crippen LogP contribution in [0.4, 0.5) is 18.9 Å². The molecule has 0 atom stereocenters. The van der Waals surface area contributed by atoms with E-state index in [-0.39, 0.29) is 11.1 Å². The molecule has 0 saturated carbocycles. The number of fused-ring (bicyclic) bond motifs is 1. The van der Waals surface area contributed by atoms with E-state index in [0.717, 1.165) is 16.3 Å². The Morgan fingerprint density at radius 3 is 2.55 bits per heavy atom. The van der Waals surface area contributed by atoms with Gasteiger partial charge in [0.1, 0.15) is 5.01 Å². The van der Waals surface area contributed by atoms with Crippen LogP contribution in [0.2, 0.25) is 5.02 Å². The predicted octanol–water partition coefficient (Wildman–Crippen LogP) is 7.34. The van der Waals surface area contributed by atoms with Crippen molar-refractivity contribution in [3.8, 4) is 10.6 Å². The zero-order valence-corrected chi connectivity index (χ0v) is 16.7. The van der Waals surface area contributed by atoms with Crippen LogP contribution in [0.25, 0.3) is 26.3 Å². The number of thiazole rings is 1. The minimum absolute atomic E-state index is 0.0386. The average Bonchev–Trinajstić information content (AvgIpc) is 3.26. The lowest BCUT2D eigenvalue weighted by Gasteiger charge is -2.12. The van der Waals surface area contributed by atoms with Crippen molar-refractivity contribution >= 4 is 39.5 Å². The van der Waals surface area contributed by atoms with Crippen molar-refractivity contribution in [3.05, 3.63) is 81.2 Å². The third-order valence-electron chi connectivity index (χ3n) is 4.64. The first-order chi connectivity index (χ1) is 13.8. The van der Waals surface area contributed by atoms with Crippen molar-refractivity contribution in [2.24, 2.45) is 0 Å². The number of aryl methyl sites for hydroxylation is 1. The highest BCUT2D eigenvalue weighted by molar-refractivity contribution is 7.13. The van der Waals surface area contributed by atoms with Crippen molar-refractivity contribution in [2.75, 3.05) is 0 Å². The number of nitrogens with zero attached hydrogens (tertiary/aromatic N) is 3. The van der Waals surface area contributed by atoms with E-state index in [2.05, 4.69) is 9.83 Å². The third kappa shape index (κ3) is 3.61. The van der Waals surface area contributed by atoms with Gasteiger partial charge in [-0.15, -0.1) is 11.3 Å². The molecule has 0 bridgehead atoms. The molecular weight excluding hydrogens is 419 g/mol. The van der Waals surface area contributed by atoms with Crippen LogP contribution in [-0.4, -0.2) is 9.55 Å². The maximum Gasteiger partial charge on any atom is 0.408 e. The van der Waals surface area contributed by atoms with Crippen LogP contribution >= 0.6 is 22.9 Å². The Bertz CT molecular complexity index is 1250. The molecule has 0 saturated heterocycles. The summed E-state index contributed by atoms with van der Waals surface area (Å²) in [6, 6.07) is 11.6. The fraction of sp³-hybridized carbons (Fsp3) is 0.143. The summed E-state index contributed by atoms with van der Waals surface area (Å²) in [5.41, 5.74) is 1.52. The van der Waals surface area contributed by atoms with Gasteiger partial charge in [-0.3, -0.25) is 0 Å². The molecule has 29 heavy (non-hydrogen) atoms. The summed E-state index contributed by atoms with van der Waals surface area (Å²) >= 11 is 7.39. The first-order valence-electron chi connectivity index (χ1n) is 8.56. The van der Waals surface area contributed by atoms with Gasteiger partial charge in [0.05, 0.1) is 24.4 Å². The number of aromatic nitrogens is 2. The van der Waals surface area contributed by atoms with E-state index < -0.39 is 11.7 Å². The van der Waals surface area contributed by atoms with Crippen LogP contribution in [0.5, 0.6) is 0 Å². The minimum Gasteiger partial charge on any atom is -0.339 e. The summed E-state index contributed by atoms with van der Waals surface area (Å²) in [5.74, 6) is 0. The van der Waals surface area contributed by atoms with E-state index in [4.69, 9.17) is 18.2 Å². The molecule has 2 heterocycles. The normalized spacial score (nSPS) is 11.7. The van der Waals surface area contributed by atoms with Crippen LogP contribution in [0.3, 0.4) is 0 Å². The second kappa shape index (κ2) is 7.21. The number of halogens is 4. The van der Waals surface area contributed by atoms with Crippen molar-refractivity contribution in [1.82, 2.24) is 9.55 Å². The fourth-order valence-electron chi connectivity index (χ4n) is 3.32. The molecule has 0 aliphatic carbocycles. The lowest BCUT2D eigenvalue weighted by molar-refractivity contribution is -0.135. The standard InChI is InChI=1S/C21H13ClF3N3S/c1-12-9-16-18(8-7-17(26-2)19(16)21(23,24)25)28(12)10-15-11-29-20(27-15)13-3-5-14(22)6-4-13/h3-9,11H,10H2,1H3. The van der Waals surface area contributed by atoms with E-state index in [9.17, 15) is 13.2 Å². The van der Waals surface area contributed by atoms with Gasteiger partial charge in [-0.2, -0.15) is 13.2 Å². The van der Waals surface area contributed by atoms with E-state index >= 15 is 0 Å². The van der Waals surface area contributed by atoms with Crippen molar-refractivity contribution < 1.29 is 13.2 Å². The monoisotopic (exact) mass is 431 g/mol. The van der Waals surface area contributed by atoms with Gasteiger partial charge >= 0.3 is 6.18 Å². The summed E-state index contributed by atoms with van der Waals surface area (Å²) in [7, 11) is 0. The Morgan fingerprint density at radius 2 is 1.90 bits per heavy atom. The molecule has 146 valence electrons. The van der Waals surface area contributed by atoms with E-state index in [0.29, 0.717) is 22.8 Å². The second-order valence-corrected chi connectivity index (χ2v) is 7.82. The van der Waals surface area contributed by atoms with Gasteiger partial charge in [0.25, 0.3) is 0 Å². The first-order valence-corrected chi connectivity index (χ1v) is 9.81. The molecule has 8 heteroatoms. The summed E-state index contributed by atoms with van der Waals surface area (Å²) < 4.78 is 42.5. The summed E-state index contributed by atoms with van der Waals surface area (Å²) in [6.07, 6.45) is -4.60. The van der Waals surface area contributed by atoms with Crippen LogP contribution in [0.1, 0.15) is 17.0 Å². The highest BCUT2D eigenvalue weighted by Crippen LogP contribution is 2.42. The van der Waals surface area contributed by atoms with E-state index in [1.54, 1.807) is 29.7 Å². The number of rotatable bonds is 3. The van der Waals surface area contributed by atoms with Crippen LogP contribution in [0.15, 0.2) is 47.8 Å². The Labute approximate surface area is 173 Å². The van der Waals surface area contributed by atoms with Crippen LogP contribution < -0.4 is 0 Å². The fourth-order valence-corrected chi connectivity index (χ4v) is 4.27. The lowest BCUT2D eigenvalue weighted by atomic mass is 10.1. The molecule has 0 radical (unpaired) electrons. The summed E-state index contributed by atoms with van der Waals surface area (Å²) in [5, 5.41) is 3.39. The lowest BCUT2D eigenvalue weighted by Crippen LogP contribution is -2.06. The molecule has 4 aromatic rings. The maximum atomic E-state index is 13.6. The zero-order valence-electron chi connectivity index (χ0n) is 15.1. The SMILES string of the molecule is [C-]#[N+]c1ccc2c(cc(C)n2Cc2csc(-c3ccc(Cl)cc3)n2)c1C(F)(F)F. The molecule has 2 aromatic carbocycles. The number of benzene rings is 2. The molecule has 3 nitrogen and oxygen atoms in total. The molecule has 0 unspecified atom stereocenters. The third-order valence-corrected chi connectivity index (χ3v) is 5.83. The smallest absolute Gasteiger partial charge is 0.339 e. The van der Waals surface area contributed by atoms with Crippen molar-refractivity contribution in [3.63, 3.8) is 0 Å². The molecule has 0 aliphatic rings. The van der Waals surface area contributed by atoms with E-state index in [1.165, 1.54) is 23.5 Å². The maximum absolute atomic E-state index is 13.6. The van der Waals surface area contributed by atoms with Gasteiger partial charge < -0.3 is 4.57 Å². The molecule has 0 N–H and O–H groups in total. The van der Waals surface area contributed by atoms with E-state index in [1.807, 2.05) is 17.5 Å². The molecule has 0 spiro atoms. The molecule has 0 fully saturated rings. The molecule has 0 aliphatic heterocycles. The number of hydrogen-bond donors (Lipinski definition) is 0. The number of hydrogen-bond acceptors (Lipinski definition) is 2. The number of alkyl halides is 3. The summed E-state index contributed by atoms with van der Waals surface area (Å²) in [6.45, 7) is 9.17. The first kappa shape index (κ1) is 19.5. The zero-order chi connectivity index (χ0) is 20.8. The van der Waals surface area contributed by atoms with Gasteiger partial charge in [0.2, 0.25) is 0 Å². The van der Waals surface area contributed by atoms with Crippen LogP contribution in [-0.2, 0) is 12.7 Å². The second-order valence-electron chi connectivity index (χ2n) is 6.52. The van der Waals surface area contributed by atoms with Gasteiger partial charge in [0, 0.05) is 32.6 Å². The minimum atomic E-state index is -4.60.